The molecule has 5 nitrogen and oxygen atoms in total. The van der Waals surface area contributed by atoms with E-state index in [4.69, 9.17) is 9.72 Å². The summed E-state index contributed by atoms with van der Waals surface area (Å²) in [5.41, 5.74) is 4.17. The van der Waals surface area contributed by atoms with Crippen molar-refractivity contribution < 1.29 is 9.53 Å². The average Bonchev–Trinajstić information content (AvgIpc) is 3.05. The van der Waals surface area contributed by atoms with Gasteiger partial charge in [-0.25, -0.2) is 4.98 Å². The topological polar surface area (TPSA) is 56.1 Å². The minimum absolute atomic E-state index is 0.0814. The monoisotopic (exact) mass is 407 g/mol. The molecule has 0 spiro atoms. The lowest BCUT2D eigenvalue weighted by atomic mass is 9.96. The van der Waals surface area contributed by atoms with Gasteiger partial charge in [-0.15, -0.1) is 0 Å². The van der Waals surface area contributed by atoms with Gasteiger partial charge in [-0.2, -0.15) is 0 Å². The van der Waals surface area contributed by atoms with Crippen molar-refractivity contribution in [2.24, 2.45) is 5.41 Å². The third-order valence-corrected chi connectivity index (χ3v) is 5.40. The molecule has 0 unspecified atom stereocenters. The molecule has 3 aromatic rings. The zero-order valence-electron chi connectivity index (χ0n) is 18.8. The van der Waals surface area contributed by atoms with Crippen molar-refractivity contribution in [2.75, 3.05) is 13.2 Å². The molecule has 2 aromatic carbocycles. The van der Waals surface area contributed by atoms with Gasteiger partial charge in [0.2, 0.25) is 5.91 Å². The first kappa shape index (κ1) is 21.9. The number of carbonyl (C=O) groups excluding carboxylic acids is 1. The molecule has 160 valence electrons. The Bertz CT molecular complexity index is 1010. The standard InChI is InChI=1S/C25H33N3O2/c1-18-10-8-13-22(19(18)2)30-17-16-28-21-12-7-6-11-20(21)27-23(28)14-9-15-26-24(29)25(3,4)5/h6-8,10-13H,9,14-17H2,1-5H3,(H,26,29). The quantitative estimate of drug-likeness (QED) is 0.544. The molecular weight excluding hydrogens is 374 g/mol. The van der Waals surface area contributed by atoms with Crippen molar-refractivity contribution >= 4 is 16.9 Å². The highest BCUT2D eigenvalue weighted by Gasteiger charge is 2.20. The van der Waals surface area contributed by atoms with Crippen molar-refractivity contribution in [3.63, 3.8) is 0 Å². The van der Waals surface area contributed by atoms with Gasteiger partial charge in [0.05, 0.1) is 17.6 Å². The predicted octanol–water partition coefficient (Wildman–Crippen LogP) is 4.83. The summed E-state index contributed by atoms with van der Waals surface area (Å²) in [4.78, 5) is 16.9. The lowest BCUT2D eigenvalue weighted by Gasteiger charge is -2.17. The molecule has 1 amide bonds. The number of benzene rings is 2. The second kappa shape index (κ2) is 9.33. The SMILES string of the molecule is Cc1cccc(OCCn2c(CCCNC(=O)C(C)(C)C)nc3ccccc32)c1C. The minimum atomic E-state index is -0.363. The van der Waals surface area contributed by atoms with Crippen LogP contribution in [0.5, 0.6) is 5.75 Å². The molecular formula is C25H33N3O2. The Labute approximate surface area is 179 Å². The van der Waals surface area contributed by atoms with Crippen molar-refractivity contribution in [2.45, 2.75) is 54.0 Å². The molecule has 1 N–H and O–H groups in total. The largest absolute Gasteiger partial charge is 0.491 e. The molecule has 0 aliphatic carbocycles. The van der Waals surface area contributed by atoms with Crippen molar-refractivity contribution in [3.05, 3.63) is 59.4 Å². The van der Waals surface area contributed by atoms with E-state index in [0.717, 1.165) is 42.0 Å². The number of rotatable bonds is 8. The highest BCUT2D eigenvalue weighted by Crippen LogP contribution is 2.22. The number of para-hydroxylation sites is 2. The molecule has 30 heavy (non-hydrogen) atoms. The van der Waals surface area contributed by atoms with E-state index in [1.807, 2.05) is 51.1 Å². The highest BCUT2D eigenvalue weighted by molar-refractivity contribution is 5.81. The number of ether oxygens (including phenoxy) is 1. The number of aromatic nitrogens is 2. The Morgan fingerprint density at radius 3 is 2.63 bits per heavy atom. The lowest BCUT2D eigenvalue weighted by Crippen LogP contribution is -2.35. The van der Waals surface area contributed by atoms with Gasteiger partial charge in [0.15, 0.2) is 0 Å². The molecule has 0 aliphatic rings. The summed E-state index contributed by atoms with van der Waals surface area (Å²) in [6, 6.07) is 14.4. The number of hydrogen-bond acceptors (Lipinski definition) is 3. The number of amides is 1. The van der Waals surface area contributed by atoms with E-state index in [2.05, 4.69) is 35.9 Å². The molecule has 0 aliphatic heterocycles. The summed E-state index contributed by atoms with van der Waals surface area (Å²) in [7, 11) is 0. The maximum Gasteiger partial charge on any atom is 0.225 e. The fraction of sp³-hybridized carbons (Fsp3) is 0.440. The maximum absolute atomic E-state index is 12.1. The van der Waals surface area contributed by atoms with Crippen LogP contribution in [-0.4, -0.2) is 28.6 Å². The number of imidazole rings is 1. The summed E-state index contributed by atoms with van der Waals surface area (Å²) in [5.74, 6) is 2.05. The van der Waals surface area contributed by atoms with Crippen LogP contribution < -0.4 is 10.1 Å². The van der Waals surface area contributed by atoms with Gasteiger partial charge in [-0.3, -0.25) is 4.79 Å². The Hall–Kier alpha value is -2.82. The Kier molecular flexibility index (Phi) is 6.80. The van der Waals surface area contributed by atoms with Crippen LogP contribution >= 0.6 is 0 Å². The molecule has 1 heterocycles. The summed E-state index contributed by atoms with van der Waals surface area (Å²) in [6.07, 6.45) is 1.66. The van der Waals surface area contributed by atoms with Gasteiger partial charge in [0.1, 0.15) is 18.2 Å². The van der Waals surface area contributed by atoms with Crippen LogP contribution in [0.1, 0.15) is 44.1 Å². The van der Waals surface area contributed by atoms with Crippen LogP contribution in [0.15, 0.2) is 42.5 Å². The molecule has 0 radical (unpaired) electrons. The van der Waals surface area contributed by atoms with E-state index >= 15 is 0 Å². The van der Waals surface area contributed by atoms with Gasteiger partial charge >= 0.3 is 0 Å². The third-order valence-electron chi connectivity index (χ3n) is 5.40. The Morgan fingerprint density at radius 2 is 1.87 bits per heavy atom. The van der Waals surface area contributed by atoms with E-state index in [0.29, 0.717) is 13.2 Å². The minimum Gasteiger partial charge on any atom is -0.491 e. The summed E-state index contributed by atoms with van der Waals surface area (Å²) >= 11 is 0. The van der Waals surface area contributed by atoms with Gasteiger partial charge in [-0.05, 0) is 49.6 Å². The number of aryl methyl sites for hydroxylation is 2. The first-order valence-electron chi connectivity index (χ1n) is 10.7. The average molecular weight is 408 g/mol. The maximum atomic E-state index is 12.1. The van der Waals surface area contributed by atoms with Gasteiger partial charge in [0, 0.05) is 18.4 Å². The summed E-state index contributed by atoms with van der Waals surface area (Å²) in [6.45, 7) is 11.9. The smallest absolute Gasteiger partial charge is 0.225 e. The Balaban J connectivity index is 1.66. The van der Waals surface area contributed by atoms with Crippen molar-refractivity contribution in [1.82, 2.24) is 14.9 Å². The van der Waals surface area contributed by atoms with Gasteiger partial charge in [-0.1, -0.05) is 45.0 Å². The zero-order chi connectivity index (χ0) is 21.7. The molecule has 0 saturated heterocycles. The van der Waals surface area contributed by atoms with E-state index < -0.39 is 0 Å². The van der Waals surface area contributed by atoms with Crippen molar-refractivity contribution in [1.29, 1.82) is 0 Å². The van der Waals surface area contributed by atoms with E-state index in [9.17, 15) is 4.79 Å². The number of fused-ring (bicyclic) bond motifs is 1. The Morgan fingerprint density at radius 1 is 1.10 bits per heavy atom. The van der Waals surface area contributed by atoms with Crippen LogP contribution in [0.25, 0.3) is 11.0 Å². The first-order chi connectivity index (χ1) is 14.3. The van der Waals surface area contributed by atoms with Crippen LogP contribution in [0, 0.1) is 19.3 Å². The lowest BCUT2D eigenvalue weighted by molar-refractivity contribution is -0.128. The van der Waals surface area contributed by atoms with Crippen molar-refractivity contribution in [3.8, 4) is 5.75 Å². The zero-order valence-corrected chi connectivity index (χ0v) is 18.8. The fourth-order valence-corrected chi connectivity index (χ4v) is 3.41. The van der Waals surface area contributed by atoms with E-state index in [1.54, 1.807) is 0 Å². The van der Waals surface area contributed by atoms with Crippen LogP contribution in [0.2, 0.25) is 0 Å². The number of hydrogen-bond donors (Lipinski definition) is 1. The second-order valence-electron chi connectivity index (χ2n) is 8.82. The summed E-state index contributed by atoms with van der Waals surface area (Å²) < 4.78 is 8.33. The molecule has 0 atom stereocenters. The number of carbonyl (C=O) groups is 1. The van der Waals surface area contributed by atoms with E-state index in [1.165, 1.54) is 11.1 Å². The normalized spacial score (nSPS) is 11.6. The third kappa shape index (κ3) is 5.21. The number of nitrogens with zero attached hydrogens (tertiary/aromatic N) is 2. The molecule has 1 aromatic heterocycles. The molecule has 3 rings (SSSR count). The molecule has 0 fully saturated rings. The summed E-state index contributed by atoms with van der Waals surface area (Å²) in [5, 5.41) is 3.02. The van der Waals surface area contributed by atoms with E-state index in [-0.39, 0.29) is 11.3 Å². The van der Waals surface area contributed by atoms with Crippen LogP contribution in [0.4, 0.5) is 0 Å². The fourth-order valence-electron chi connectivity index (χ4n) is 3.41. The molecule has 0 bridgehead atoms. The predicted molar refractivity (Wildman–Crippen MR) is 122 cm³/mol. The van der Waals surface area contributed by atoms with Gasteiger partial charge < -0.3 is 14.6 Å². The number of nitrogens with one attached hydrogen (secondary N) is 1. The van der Waals surface area contributed by atoms with Crippen LogP contribution in [0.3, 0.4) is 0 Å². The van der Waals surface area contributed by atoms with Gasteiger partial charge in [0.25, 0.3) is 0 Å². The molecule has 5 heteroatoms. The second-order valence-corrected chi connectivity index (χ2v) is 8.82. The van der Waals surface area contributed by atoms with Crippen LogP contribution in [-0.2, 0) is 17.8 Å². The molecule has 0 saturated carbocycles. The first-order valence-corrected chi connectivity index (χ1v) is 10.7. The highest BCUT2D eigenvalue weighted by atomic mass is 16.5.